The Balaban J connectivity index is 1.85. The summed E-state index contributed by atoms with van der Waals surface area (Å²) in [5.74, 6) is -0.252. The highest BCUT2D eigenvalue weighted by atomic mass is 32.2. The number of hydrogen-bond acceptors (Lipinski definition) is 5. The lowest BCUT2D eigenvalue weighted by atomic mass is 10.3. The Morgan fingerprint density at radius 1 is 1.29 bits per heavy atom. The van der Waals surface area contributed by atoms with Crippen LogP contribution < -0.4 is 10.0 Å². The molecule has 1 aromatic rings. The van der Waals surface area contributed by atoms with Crippen LogP contribution in [0.1, 0.15) is 26.2 Å². The van der Waals surface area contributed by atoms with Crippen molar-refractivity contribution < 1.29 is 17.9 Å². The number of esters is 1. The van der Waals surface area contributed by atoms with Gasteiger partial charge in [-0.2, -0.15) is 0 Å². The van der Waals surface area contributed by atoms with E-state index in [0.717, 1.165) is 18.5 Å². The zero-order chi connectivity index (χ0) is 15.3. The van der Waals surface area contributed by atoms with E-state index >= 15 is 0 Å². The minimum Gasteiger partial charge on any atom is -0.466 e. The highest BCUT2D eigenvalue weighted by molar-refractivity contribution is 7.89. The van der Waals surface area contributed by atoms with Crippen LogP contribution in [0.2, 0.25) is 0 Å². The molecule has 2 rings (SSSR count). The molecule has 21 heavy (non-hydrogen) atoms. The lowest BCUT2D eigenvalue weighted by Gasteiger charge is -2.08. The Hall–Kier alpha value is -1.60. The van der Waals surface area contributed by atoms with Crippen molar-refractivity contribution in [3.8, 4) is 0 Å². The molecule has 0 heterocycles. The second-order valence-corrected chi connectivity index (χ2v) is 6.62. The van der Waals surface area contributed by atoms with Gasteiger partial charge >= 0.3 is 5.97 Å². The number of rotatable bonds is 8. The lowest BCUT2D eigenvalue weighted by molar-refractivity contribution is -0.142. The summed E-state index contributed by atoms with van der Waals surface area (Å²) >= 11 is 0. The first-order valence-electron chi connectivity index (χ1n) is 7.03. The van der Waals surface area contributed by atoms with Crippen LogP contribution in [0.15, 0.2) is 29.2 Å². The molecule has 1 aliphatic carbocycles. The molecule has 2 N–H and O–H groups in total. The molecule has 0 bridgehead atoms. The van der Waals surface area contributed by atoms with Crippen LogP contribution in [0.3, 0.4) is 0 Å². The van der Waals surface area contributed by atoms with Gasteiger partial charge in [-0.1, -0.05) is 0 Å². The maximum absolute atomic E-state index is 12.0. The lowest BCUT2D eigenvalue weighted by Crippen LogP contribution is -2.25. The molecule has 116 valence electrons. The van der Waals surface area contributed by atoms with Crippen molar-refractivity contribution in [1.82, 2.24) is 4.72 Å². The van der Waals surface area contributed by atoms with Crippen LogP contribution in [0.5, 0.6) is 0 Å². The maximum Gasteiger partial charge on any atom is 0.307 e. The number of nitrogens with one attached hydrogen (secondary N) is 2. The first-order chi connectivity index (χ1) is 10.0. The fourth-order valence-corrected chi connectivity index (χ4v) is 3.09. The number of carbonyl (C=O) groups excluding carboxylic acids is 1. The van der Waals surface area contributed by atoms with E-state index in [-0.39, 0.29) is 23.3 Å². The van der Waals surface area contributed by atoms with Crippen LogP contribution >= 0.6 is 0 Å². The van der Waals surface area contributed by atoms with Crippen LogP contribution in [0.4, 0.5) is 5.69 Å². The first kappa shape index (κ1) is 15.8. The van der Waals surface area contributed by atoms with Gasteiger partial charge in [-0.25, -0.2) is 13.1 Å². The van der Waals surface area contributed by atoms with Crippen molar-refractivity contribution >= 4 is 21.7 Å². The smallest absolute Gasteiger partial charge is 0.307 e. The molecular formula is C14H20N2O4S. The summed E-state index contributed by atoms with van der Waals surface area (Å²) in [5.41, 5.74) is 0.768. The molecule has 1 saturated carbocycles. The predicted octanol–water partition coefficient (Wildman–Crippen LogP) is 1.49. The third kappa shape index (κ3) is 5.02. The van der Waals surface area contributed by atoms with Crippen LogP contribution in [0, 0.1) is 0 Å². The molecule has 1 aliphatic rings. The fourth-order valence-electron chi connectivity index (χ4n) is 1.78. The van der Waals surface area contributed by atoms with E-state index in [4.69, 9.17) is 4.74 Å². The number of hydrogen-bond donors (Lipinski definition) is 2. The van der Waals surface area contributed by atoms with Crippen molar-refractivity contribution in [3.05, 3.63) is 24.3 Å². The number of sulfonamides is 1. The Bertz CT molecular complexity index is 579. The topological polar surface area (TPSA) is 84.5 Å². The van der Waals surface area contributed by atoms with E-state index in [1.807, 2.05) is 0 Å². The second-order valence-electron chi connectivity index (χ2n) is 4.90. The monoisotopic (exact) mass is 312 g/mol. The third-order valence-electron chi connectivity index (χ3n) is 3.03. The molecule has 1 fully saturated rings. The van der Waals surface area contributed by atoms with Gasteiger partial charge in [0, 0.05) is 18.3 Å². The average Bonchev–Trinajstić information content (AvgIpc) is 3.23. The molecule has 0 radical (unpaired) electrons. The van der Waals surface area contributed by atoms with Crippen molar-refractivity contribution in [3.63, 3.8) is 0 Å². The normalized spacial score (nSPS) is 14.7. The molecule has 0 saturated heterocycles. The van der Waals surface area contributed by atoms with Crippen molar-refractivity contribution in [2.75, 3.05) is 18.5 Å². The molecule has 0 aromatic heterocycles. The van der Waals surface area contributed by atoms with E-state index in [1.54, 1.807) is 31.2 Å². The largest absolute Gasteiger partial charge is 0.466 e. The summed E-state index contributed by atoms with van der Waals surface area (Å²) in [6, 6.07) is 6.58. The van der Waals surface area contributed by atoms with Crippen LogP contribution in [0.25, 0.3) is 0 Å². The Morgan fingerprint density at radius 3 is 2.52 bits per heavy atom. The molecule has 7 heteroatoms. The second kappa shape index (κ2) is 6.91. The Kier molecular flexibility index (Phi) is 5.19. The molecule has 0 amide bonds. The summed E-state index contributed by atoms with van der Waals surface area (Å²) in [6.07, 6.45) is 2.09. The molecule has 0 unspecified atom stereocenters. The summed E-state index contributed by atoms with van der Waals surface area (Å²) in [7, 11) is -3.41. The van der Waals surface area contributed by atoms with E-state index in [2.05, 4.69) is 10.0 Å². The fraction of sp³-hybridized carbons (Fsp3) is 0.500. The maximum atomic E-state index is 12.0. The first-order valence-corrected chi connectivity index (χ1v) is 8.51. The van der Waals surface area contributed by atoms with Gasteiger partial charge in [-0.05, 0) is 44.0 Å². The van der Waals surface area contributed by atoms with Gasteiger partial charge in [0.15, 0.2) is 0 Å². The number of benzene rings is 1. The van der Waals surface area contributed by atoms with Gasteiger partial charge in [0.25, 0.3) is 0 Å². The van der Waals surface area contributed by atoms with Gasteiger partial charge in [-0.15, -0.1) is 0 Å². The van der Waals surface area contributed by atoms with Crippen molar-refractivity contribution in [2.24, 2.45) is 0 Å². The van der Waals surface area contributed by atoms with Crippen molar-refractivity contribution in [1.29, 1.82) is 0 Å². The van der Waals surface area contributed by atoms with Crippen LogP contribution in [-0.2, 0) is 19.6 Å². The number of carbonyl (C=O) groups is 1. The van der Waals surface area contributed by atoms with E-state index < -0.39 is 10.0 Å². The van der Waals surface area contributed by atoms with Crippen LogP contribution in [-0.4, -0.2) is 33.6 Å². The van der Waals surface area contributed by atoms with Gasteiger partial charge in [0.2, 0.25) is 10.0 Å². The molecular weight excluding hydrogens is 292 g/mol. The summed E-state index contributed by atoms with van der Waals surface area (Å²) in [6.45, 7) is 2.59. The Labute approximate surface area is 124 Å². The quantitative estimate of drug-likeness (QED) is 0.711. The van der Waals surface area contributed by atoms with E-state index in [0.29, 0.717) is 13.2 Å². The molecule has 0 spiro atoms. The summed E-state index contributed by atoms with van der Waals surface area (Å²) in [5, 5.41) is 3.05. The minimum absolute atomic E-state index is 0.0948. The van der Waals surface area contributed by atoms with Gasteiger partial charge in [0.1, 0.15) is 0 Å². The summed E-state index contributed by atoms with van der Waals surface area (Å²) < 4.78 is 31.4. The SMILES string of the molecule is CCOC(=O)CCNc1ccc(S(=O)(=O)NC2CC2)cc1. The minimum atomic E-state index is -3.41. The zero-order valence-electron chi connectivity index (χ0n) is 12.0. The third-order valence-corrected chi connectivity index (χ3v) is 4.56. The predicted molar refractivity (Wildman–Crippen MR) is 79.5 cm³/mol. The Morgan fingerprint density at radius 2 is 1.95 bits per heavy atom. The van der Waals surface area contributed by atoms with Gasteiger partial charge in [0.05, 0.1) is 17.9 Å². The number of anilines is 1. The highest BCUT2D eigenvalue weighted by Gasteiger charge is 2.27. The standard InChI is InChI=1S/C14H20N2O4S/c1-2-20-14(17)9-10-15-11-5-7-13(8-6-11)21(18,19)16-12-3-4-12/h5-8,12,15-16H,2-4,9-10H2,1H3. The van der Waals surface area contributed by atoms with E-state index in [1.165, 1.54) is 0 Å². The van der Waals surface area contributed by atoms with Gasteiger partial charge in [-0.3, -0.25) is 4.79 Å². The molecule has 0 atom stereocenters. The van der Waals surface area contributed by atoms with Crippen molar-refractivity contribution in [2.45, 2.75) is 37.1 Å². The number of ether oxygens (including phenoxy) is 1. The van der Waals surface area contributed by atoms with E-state index in [9.17, 15) is 13.2 Å². The summed E-state index contributed by atoms with van der Waals surface area (Å²) in [4.78, 5) is 11.4. The molecule has 0 aliphatic heterocycles. The highest BCUT2D eigenvalue weighted by Crippen LogP contribution is 2.22. The molecule has 1 aromatic carbocycles. The zero-order valence-corrected chi connectivity index (χ0v) is 12.8. The van der Waals surface area contributed by atoms with Gasteiger partial charge < -0.3 is 10.1 Å². The molecule has 6 nitrogen and oxygen atoms in total. The average molecular weight is 312 g/mol.